The summed E-state index contributed by atoms with van der Waals surface area (Å²) in [6.45, 7) is 1.16. The third-order valence-electron chi connectivity index (χ3n) is 3.63. The van der Waals surface area contributed by atoms with Crippen LogP contribution in [0.15, 0.2) is 29.9 Å². The summed E-state index contributed by atoms with van der Waals surface area (Å²) in [6, 6.07) is 3.77. The van der Waals surface area contributed by atoms with Crippen LogP contribution in [0.2, 0.25) is 0 Å². The minimum absolute atomic E-state index is 0.342. The molecule has 1 N–H and O–H groups in total. The van der Waals surface area contributed by atoms with Crippen LogP contribution in [0.5, 0.6) is 0 Å². The second-order valence-electron chi connectivity index (χ2n) is 5.11. The molecule has 1 aliphatic heterocycles. The summed E-state index contributed by atoms with van der Waals surface area (Å²) >= 11 is 1.61. The second kappa shape index (κ2) is 6.58. The van der Waals surface area contributed by atoms with E-state index in [4.69, 9.17) is 5.11 Å². The van der Waals surface area contributed by atoms with Crippen molar-refractivity contribution < 1.29 is 9.90 Å². The zero-order valence-electron chi connectivity index (χ0n) is 11.9. The van der Waals surface area contributed by atoms with E-state index in [0.29, 0.717) is 19.0 Å². The zero-order valence-corrected chi connectivity index (χ0v) is 12.7. The summed E-state index contributed by atoms with van der Waals surface area (Å²) in [7, 11) is 0. The van der Waals surface area contributed by atoms with Gasteiger partial charge in [-0.15, -0.1) is 11.3 Å². The minimum atomic E-state index is -0.833. The van der Waals surface area contributed by atoms with Gasteiger partial charge in [-0.2, -0.15) is 0 Å². The fraction of sp³-hybridized carbons (Fsp3) is 0.312. The topological polar surface area (TPSA) is 66.3 Å². The first-order valence-corrected chi connectivity index (χ1v) is 7.95. The van der Waals surface area contributed by atoms with Crippen molar-refractivity contribution >= 4 is 17.4 Å². The zero-order chi connectivity index (χ0) is 15.4. The normalized spacial score (nSPS) is 15.2. The average Bonchev–Trinajstić information content (AvgIpc) is 3.03. The monoisotopic (exact) mass is 313 g/mol. The number of likely N-dealkylation sites (tertiary alicyclic amines) is 1. The highest BCUT2D eigenvalue weighted by Crippen LogP contribution is 2.30. The van der Waals surface area contributed by atoms with E-state index in [1.165, 1.54) is 4.90 Å². The molecular weight excluding hydrogens is 298 g/mol. The lowest BCUT2D eigenvalue weighted by Gasteiger charge is -2.28. The van der Waals surface area contributed by atoms with Crippen molar-refractivity contribution in [2.75, 3.05) is 13.1 Å². The van der Waals surface area contributed by atoms with E-state index in [1.54, 1.807) is 23.7 Å². The number of nitrogens with zero attached hydrogens (tertiary/aromatic N) is 3. The molecule has 3 rings (SSSR count). The molecule has 5 nitrogen and oxygen atoms in total. The average molecular weight is 313 g/mol. The Morgan fingerprint density at radius 3 is 2.86 bits per heavy atom. The molecule has 3 heterocycles. The molecule has 2 aromatic rings. The van der Waals surface area contributed by atoms with E-state index in [2.05, 4.69) is 21.8 Å². The van der Waals surface area contributed by atoms with Crippen molar-refractivity contribution in [3.05, 3.63) is 46.2 Å². The molecule has 0 atom stereocenters. The fourth-order valence-corrected chi connectivity index (χ4v) is 3.35. The SMILES string of the molecule is O=C(O)N1CCC(c2nc(C#Cc3cccnc3)cs2)CC1. The van der Waals surface area contributed by atoms with Gasteiger partial charge in [-0.3, -0.25) is 4.98 Å². The Kier molecular flexibility index (Phi) is 4.35. The van der Waals surface area contributed by atoms with Crippen LogP contribution in [0.1, 0.15) is 35.0 Å². The summed E-state index contributed by atoms with van der Waals surface area (Å²) in [6.07, 6.45) is 4.27. The largest absolute Gasteiger partial charge is 0.465 e. The van der Waals surface area contributed by atoms with Crippen LogP contribution in [-0.2, 0) is 0 Å². The quantitative estimate of drug-likeness (QED) is 0.822. The number of aromatic nitrogens is 2. The molecule has 0 bridgehead atoms. The summed E-state index contributed by atoms with van der Waals surface area (Å²) in [5, 5.41) is 12.0. The van der Waals surface area contributed by atoms with Gasteiger partial charge in [0.1, 0.15) is 5.69 Å². The number of pyridine rings is 1. The second-order valence-corrected chi connectivity index (χ2v) is 6.00. The van der Waals surface area contributed by atoms with E-state index in [-0.39, 0.29) is 0 Å². The highest BCUT2D eigenvalue weighted by atomic mass is 32.1. The maximum atomic E-state index is 10.9. The van der Waals surface area contributed by atoms with Gasteiger partial charge in [0.2, 0.25) is 0 Å². The lowest BCUT2D eigenvalue weighted by Crippen LogP contribution is -2.36. The molecule has 6 heteroatoms. The molecule has 0 radical (unpaired) electrons. The number of rotatable bonds is 1. The Hall–Kier alpha value is -2.39. The van der Waals surface area contributed by atoms with Crippen molar-refractivity contribution in [2.45, 2.75) is 18.8 Å². The summed E-state index contributed by atoms with van der Waals surface area (Å²) in [4.78, 5) is 21.0. The van der Waals surface area contributed by atoms with Crippen LogP contribution in [0.3, 0.4) is 0 Å². The van der Waals surface area contributed by atoms with Crippen molar-refractivity contribution in [1.29, 1.82) is 0 Å². The smallest absolute Gasteiger partial charge is 0.407 e. The predicted molar refractivity (Wildman–Crippen MR) is 83.9 cm³/mol. The Balaban J connectivity index is 1.65. The highest BCUT2D eigenvalue weighted by Gasteiger charge is 2.25. The lowest BCUT2D eigenvalue weighted by molar-refractivity contribution is 0.132. The van der Waals surface area contributed by atoms with Crippen LogP contribution >= 0.6 is 11.3 Å². The van der Waals surface area contributed by atoms with Gasteiger partial charge in [0.15, 0.2) is 0 Å². The Labute approximate surface area is 132 Å². The number of thiazole rings is 1. The molecule has 0 aliphatic carbocycles. The van der Waals surface area contributed by atoms with E-state index >= 15 is 0 Å². The Morgan fingerprint density at radius 1 is 1.36 bits per heavy atom. The van der Waals surface area contributed by atoms with E-state index in [0.717, 1.165) is 29.1 Å². The Bertz CT molecular complexity index is 710. The first kappa shape index (κ1) is 14.5. The van der Waals surface area contributed by atoms with Gasteiger partial charge < -0.3 is 10.0 Å². The van der Waals surface area contributed by atoms with Crippen molar-refractivity contribution in [2.24, 2.45) is 0 Å². The maximum Gasteiger partial charge on any atom is 0.407 e. The fourth-order valence-electron chi connectivity index (χ4n) is 2.42. The molecule has 0 unspecified atom stereocenters. The number of amides is 1. The predicted octanol–water partition coefficient (Wildman–Crippen LogP) is 2.80. The van der Waals surface area contributed by atoms with Gasteiger partial charge in [-0.1, -0.05) is 5.92 Å². The van der Waals surface area contributed by atoms with Crippen LogP contribution in [0, 0.1) is 11.8 Å². The lowest BCUT2D eigenvalue weighted by atomic mass is 9.98. The molecule has 1 fully saturated rings. The van der Waals surface area contributed by atoms with Gasteiger partial charge in [0.05, 0.1) is 5.01 Å². The molecule has 0 aromatic carbocycles. The van der Waals surface area contributed by atoms with Crippen LogP contribution in [0.4, 0.5) is 4.79 Å². The van der Waals surface area contributed by atoms with E-state index in [9.17, 15) is 4.79 Å². The highest BCUT2D eigenvalue weighted by molar-refractivity contribution is 7.09. The van der Waals surface area contributed by atoms with Gasteiger partial charge in [0, 0.05) is 42.3 Å². The minimum Gasteiger partial charge on any atom is -0.465 e. The number of hydrogen-bond acceptors (Lipinski definition) is 4. The molecule has 112 valence electrons. The summed E-state index contributed by atoms with van der Waals surface area (Å²) in [5.41, 5.74) is 1.64. The molecule has 1 saturated heterocycles. The van der Waals surface area contributed by atoms with Gasteiger partial charge in [-0.25, -0.2) is 9.78 Å². The van der Waals surface area contributed by atoms with Gasteiger partial charge in [0.25, 0.3) is 0 Å². The standard InChI is InChI=1S/C16H15N3O2S/c20-16(21)19-8-5-13(6-9-19)15-18-14(11-22-15)4-3-12-2-1-7-17-10-12/h1-2,7,10-11,13H,5-6,8-9H2,(H,20,21). The van der Waals surface area contributed by atoms with Crippen LogP contribution in [0.25, 0.3) is 0 Å². The third-order valence-corrected chi connectivity index (χ3v) is 4.64. The van der Waals surface area contributed by atoms with Crippen LogP contribution < -0.4 is 0 Å². The first-order valence-electron chi connectivity index (χ1n) is 7.08. The van der Waals surface area contributed by atoms with E-state index in [1.807, 2.05) is 17.5 Å². The molecule has 22 heavy (non-hydrogen) atoms. The van der Waals surface area contributed by atoms with Crippen molar-refractivity contribution in [1.82, 2.24) is 14.9 Å². The molecule has 0 spiro atoms. The molecule has 1 amide bonds. The number of piperidine rings is 1. The maximum absolute atomic E-state index is 10.9. The first-order chi connectivity index (χ1) is 10.7. The molecule has 0 saturated carbocycles. The molecule has 2 aromatic heterocycles. The Morgan fingerprint density at radius 2 is 2.18 bits per heavy atom. The number of carbonyl (C=O) groups is 1. The van der Waals surface area contributed by atoms with Gasteiger partial charge >= 0.3 is 6.09 Å². The van der Waals surface area contributed by atoms with Crippen molar-refractivity contribution in [3.63, 3.8) is 0 Å². The van der Waals surface area contributed by atoms with Crippen LogP contribution in [-0.4, -0.2) is 39.2 Å². The number of hydrogen-bond donors (Lipinski definition) is 1. The summed E-state index contributed by atoms with van der Waals surface area (Å²) in [5.74, 6) is 6.44. The third kappa shape index (κ3) is 3.43. The van der Waals surface area contributed by atoms with Gasteiger partial charge in [-0.05, 0) is 30.9 Å². The molecular formula is C16H15N3O2S. The van der Waals surface area contributed by atoms with E-state index < -0.39 is 6.09 Å². The summed E-state index contributed by atoms with van der Waals surface area (Å²) < 4.78 is 0. The van der Waals surface area contributed by atoms with Crippen molar-refractivity contribution in [3.8, 4) is 11.8 Å². The molecule has 1 aliphatic rings. The number of carboxylic acid groups (broad SMARTS) is 1.